The summed E-state index contributed by atoms with van der Waals surface area (Å²) in [6, 6.07) is 4.67. The Kier molecular flexibility index (Phi) is 3.24. The summed E-state index contributed by atoms with van der Waals surface area (Å²) in [4.78, 5) is 15.5. The Morgan fingerprint density at radius 2 is 2.25 bits per heavy atom. The topological polar surface area (TPSA) is 44.9 Å². The molecule has 0 spiro atoms. The highest BCUT2D eigenvalue weighted by Crippen LogP contribution is 2.50. The Bertz CT molecular complexity index is 643. The van der Waals surface area contributed by atoms with Gasteiger partial charge in [0.1, 0.15) is 5.82 Å². The van der Waals surface area contributed by atoms with E-state index in [4.69, 9.17) is 0 Å². The van der Waals surface area contributed by atoms with E-state index in [-0.39, 0.29) is 11.7 Å². The van der Waals surface area contributed by atoms with Gasteiger partial charge in [0.25, 0.3) is 0 Å². The van der Waals surface area contributed by atoms with Gasteiger partial charge in [0.15, 0.2) is 0 Å². The molecule has 2 aromatic rings. The first kappa shape index (κ1) is 13.2. The van der Waals surface area contributed by atoms with Gasteiger partial charge in [0.05, 0.1) is 5.41 Å². The van der Waals surface area contributed by atoms with Crippen LogP contribution in [0.3, 0.4) is 0 Å². The fraction of sp³-hybridized carbons (Fsp3) is 0.438. The lowest BCUT2D eigenvalue weighted by atomic mass is 9.94. The van der Waals surface area contributed by atoms with Gasteiger partial charge in [0.2, 0.25) is 5.91 Å². The molecule has 106 valence electrons. The Morgan fingerprint density at radius 1 is 1.45 bits per heavy atom. The molecule has 20 heavy (non-hydrogen) atoms. The number of unbranched alkanes of at least 4 members (excludes halogenated alkanes) is 1. The highest BCUT2D eigenvalue weighted by atomic mass is 19.1. The molecule has 0 radical (unpaired) electrons. The van der Waals surface area contributed by atoms with Crippen LogP contribution in [0.15, 0.2) is 24.4 Å². The fourth-order valence-corrected chi connectivity index (χ4v) is 2.78. The van der Waals surface area contributed by atoms with Crippen LogP contribution in [-0.2, 0) is 10.2 Å². The van der Waals surface area contributed by atoms with Crippen molar-refractivity contribution in [2.24, 2.45) is 0 Å². The van der Waals surface area contributed by atoms with Crippen molar-refractivity contribution in [3.05, 3.63) is 35.8 Å². The molecule has 4 heteroatoms. The minimum Gasteiger partial charge on any atom is -0.361 e. The highest BCUT2D eigenvalue weighted by molar-refractivity contribution is 5.97. The van der Waals surface area contributed by atoms with Crippen LogP contribution in [-0.4, -0.2) is 17.4 Å². The molecule has 0 aliphatic heterocycles. The lowest BCUT2D eigenvalue weighted by Crippen LogP contribution is -2.35. The van der Waals surface area contributed by atoms with Gasteiger partial charge >= 0.3 is 0 Å². The fourth-order valence-electron chi connectivity index (χ4n) is 2.78. The van der Waals surface area contributed by atoms with E-state index >= 15 is 0 Å². The van der Waals surface area contributed by atoms with Gasteiger partial charge in [0, 0.05) is 23.6 Å². The van der Waals surface area contributed by atoms with Crippen molar-refractivity contribution in [1.82, 2.24) is 10.3 Å². The number of benzene rings is 1. The molecular weight excluding hydrogens is 255 g/mol. The summed E-state index contributed by atoms with van der Waals surface area (Å²) >= 11 is 0. The molecule has 3 rings (SSSR count). The second-order valence-corrected chi connectivity index (χ2v) is 5.58. The Labute approximate surface area is 117 Å². The zero-order valence-electron chi connectivity index (χ0n) is 11.6. The summed E-state index contributed by atoms with van der Waals surface area (Å²) in [5.74, 6) is -0.184. The molecule has 0 unspecified atom stereocenters. The minimum absolute atomic E-state index is 0.0797. The number of rotatable bonds is 5. The van der Waals surface area contributed by atoms with Crippen molar-refractivity contribution in [3.8, 4) is 0 Å². The number of H-pyrrole nitrogens is 1. The Hall–Kier alpha value is -1.84. The number of carbonyl (C=O) groups is 1. The smallest absolute Gasteiger partial charge is 0.230 e. The number of aromatic nitrogens is 1. The van der Waals surface area contributed by atoms with Crippen LogP contribution >= 0.6 is 0 Å². The van der Waals surface area contributed by atoms with Crippen molar-refractivity contribution >= 4 is 16.8 Å². The zero-order chi connectivity index (χ0) is 14.2. The standard InChI is InChI=1S/C16H19FN2O/c1-2-3-8-18-15(20)16(6-7-16)13-10-19-14-5-4-11(17)9-12(13)14/h4-5,9-10,19H,2-3,6-8H2,1H3,(H,18,20). The second-order valence-electron chi connectivity index (χ2n) is 5.58. The van der Waals surface area contributed by atoms with Crippen molar-refractivity contribution < 1.29 is 9.18 Å². The van der Waals surface area contributed by atoms with Gasteiger partial charge in [-0.15, -0.1) is 0 Å². The maximum absolute atomic E-state index is 13.4. The Balaban J connectivity index is 1.90. The van der Waals surface area contributed by atoms with Crippen molar-refractivity contribution in [3.63, 3.8) is 0 Å². The summed E-state index contributed by atoms with van der Waals surface area (Å²) in [7, 11) is 0. The van der Waals surface area contributed by atoms with Gasteiger partial charge in [-0.25, -0.2) is 4.39 Å². The molecule has 0 saturated heterocycles. The summed E-state index contributed by atoms with van der Waals surface area (Å²) in [5.41, 5.74) is 1.37. The monoisotopic (exact) mass is 274 g/mol. The summed E-state index contributed by atoms with van der Waals surface area (Å²) < 4.78 is 13.4. The highest BCUT2D eigenvalue weighted by Gasteiger charge is 2.52. The van der Waals surface area contributed by atoms with Crippen molar-refractivity contribution in [2.75, 3.05) is 6.54 Å². The lowest BCUT2D eigenvalue weighted by Gasteiger charge is -2.14. The van der Waals surface area contributed by atoms with E-state index in [1.807, 2.05) is 6.20 Å². The Morgan fingerprint density at radius 3 is 2.95 bits per heavy atom. The SMILES string of the molecule is CCCCNC(=O)C1(c2c[nH]c3ccc(F)cc23)CC1. The van der Waals surface area contributed by atoms with Crippen LogP contribution in [0, 0.1) is 5.82 Å². The molecule has 1 fully saturated rings. The third-order valence-corrected chi connectivity index (χ3v) is 4.16. The van der Waals surface area contributed by atoms with Crippen LogP contribution in [0.4, 0.5) is 4.39 Å². The molecule has 1 saturated carbocycles. The molecule has 0 atom stereocenters. The third-order valence-electron chi connectivity index (χ3n) is 4.16. The minimum atomic E-state index is -0.445. The predicted octanol–water partition coefficient (Wildman–Crippen LogP) is 3.25. The van der Waals surface area contributed by atoms with Crippen molar-refractivity contribution in [2.45, 2.75) is 38.0 Å². The number of hydrogen-bond acceptors (Lipinski definition) is 1. The number of amides is 1. The first-order valence-electron chi connectivity index (χ1n) is 7.23. The quantitative estimate of drug-likeness (QED) is 0.808. The van der Waals surface area contributed by atoms with Gasteiger partial charge in [-0.1, -0.05) is 13.3 Å². The van der Waals surface area contributed by atoms with Crippen LogP contribution in [0.5, 0.6) is 0 Å². The zero-order valence-corrected chi connectivity index (χ0v) is 11.6. The molecule has 3 nitrogen and oxygen atoms in total. The van der Waals surface area contributed by atoms with Crippen LogP contribution < -0.4 is 5.32 Å². The second kappa shape index (κ2) is 4.93. The van der Waals surface area contributed by atoms with Crippen molar-refractivity contribution in [1.29, 1.82) is 0 Å². The predicted molar refractivity (Wildman–Crippen MR) is 77.1 cm³/mol. The largest absolute Gasteiger partial charge is 0.361 e. The average Bonchev–Trinajstić information content (AvgIpc) is 3.14. The molecule has 1 aliphatic rings. The van der Waals surface area contributed by atoms with Gasteiger partial charge in [-0.05, 0) is 43.0 Å². The number of nitrogens with one attached hydrogen (secondary N) is 2. The summed E-state index contributed by atoms with van der Waals surface area (Å²) in [6.45, 7) is 2.81. The number of aromatic amines is 1. The van der Waals surface area contributed by atoms with Gasteiger partial charge in [-0.2, -0.15) is 0 Å². The number of halogens is 1. The third kappa shape index (κ3) is 2.09. The molecule has 1 aromatic heterocycles. The molecule has 1 aliphatic carbocycles. The lowest BCUT2D eigenvalue weighted by molar-refractivity contribution is -0.123. The molecule has 2 N–H and O–H groups in total. The molecular formula is C16H19FN2O. The molecule has 1 heterocycles. The van der Waals surface area contributed by atoms with E-state index in [1.54, 1.807) is 6.07 Å². The summed E-state index contributed by atoms with van der Waals surface area (Å²) in [5, 5.41) is 3.83. The number of carbonyl (C=O) groups excluding carboxylic acids is 1. The van der Waals surface area contributed by atoms with E-state index in [0.717, 1.165) is 42.1 Å². The maximum Gasteiger partial charge on any atom is 0.230 e. The van der Waals surface area contributed by atoms with Crippen LogP contribution in [0.2, 0.25) is 0 Å². The van der Waals surface area contributed by atoms with Crippen LogP contribution in [0.1, 0.15) is 38.2 Å². The van der Waals surface area contributed by atoms with E-state index in [2.05, 4.69) is 17.2 Å². The van der Waals surface area contributed by atoms with E-state index in [1.165, 1.54) is 12.1 Å². The first-order chi connectivity index (χ1) is 9.67. The normalized spacial score (nSPS) is 16.3. The summed E-state index contributed by atoms with van der Waals surface area (Å²) in [6.07, 6.45) is 5.59. The molecule has 1 amide bonds. The maximum atomic E-state index is 13.4. The van der Waals surface area contributed by atoms with Crippen LogP contribution in [0.25, 0.3) is 10.9 Å². The van der Waals surface area contributed by atoms with E-state index < -0.39 is 5.41 Å². The number of hydrogen-bond donors (Lipinski definition) is 2. The van der Waals surface area contributed by atoms with Gasteiger partial charge in [-0.3, -0.25) is 4.79 Å². The first-order valence-corrected chi connectivity index (χ1v) is 7.23. The number of fused-ring (bicyclic) bond motifs is 1. The average molecular weight is 274 g/mol. The molecule has 1 aromatic carbocycles. The van der Waals surface area contributed by atoms with E-state index in [0.29, 0.717) is 6.54 Å². The van der Waals surface area contributed by atoms with E-state index in [9.17, 15) is 9.18 Å². The molecule has 0 bridgehead atoms. The van der Waals surface area contributed by atoms with Gasteiger partial charge < -0.3 is 10.3 Å².